The minimum absolute atomic E-state index is 0.180. The molecule has 0 radical (unpaired) electrons. The van der Waals surface area contributed by atoms with Crippen LogP contribution in [0.4, 0.5) is 0 Å². The molecule has 27 heavy (non-hydrogen) atoms. The number of aromatic nitrogens is 3. The first-order valence-corrected chi connectivity index (χ1v) is 8.90. The van der Waals surface area contributed by atoms with Gasteiger partial charge in [-0.05, 0) is 39.3 Å². The fourth-order valence-electron chi connectivity index (χ4n) is 2.87. The monoisotopic (exact) mass is 364 g/mol. The van der Waals surface area contributed by atoms with Crippen LogP contribution in [0.3, 0.4) is 0 Å². The van der Waals surface area contributed by atoms with Crippen molar-refractivity contribution in [3.05, 3.63) is 75.9 Å². The fraction of sp³-hybridized carbons (Fsp3) is 0.286. The number of hydrogen-bond donors (Lipinski definition) is 1. The second-order valence-corrected chi connectivity index (χ2v) is 6.71. The number of nitrogens with one attached hydrogen (secondary N) is 1. The molecule has 0 aliphatic heterocycles. The van der Waals surface area contributed by atoms with Gasteiger partial charge in [0.15, 0.2) is 0 Å². The van der Waals surface area contributed by atoms with Crippen molar-refractivity contribution >= 4 is 12.0 Å². The number of aryl methyl sites for hydroxylation is 3. The van der Waals surface area contributed by atoms with E-state index in [4.69, 9.17) is 4.52 Å². The van der Waals surface area contributed by atoms with Crippen LogP contribution >= 0.6 is 0 Å². The number of benzene rings is 1. The van der Waals surface area contributed by atoms with Crippen molar-refractivity contribution in [2.45, 2.75) is 40.8 Å². The molecule has 3 rings (SSSR count). The van der Waals surface area contributed by atoms with Gasteiger partial charge in [0, 0.05) is 23.4 Å². The van der Waals surface area contributed by atoms with Crippen LogP contribution in [-0.4, -0.2) is 20.8 Å². The van der Waals surface area contributed by atoms with Crippen LogP contribution in [0.25, 0.3) is 6.08 Å². The molecule has 0 bridgehead atoms. The fourth-order valence-corrected chi connectivity index (χ4v) is 2.87. The SMILES string of the molecule is Cc1ccc(Cn2nc(C)c(/C=C/C(=O)NCc3cc(C)on3)c2C)cc1. The predicted molar refractivity (Wildman–Crippen MR) is 104 cm³/mol. The van der Waals surface area contributed by atoms with E-state index in [1.165, 1.54) is 17.2 Å². The molecule has 3 aromatic rings. The highest BCUT2D eigenvalue weighted by Crippen LogP contribution is 2.16. The standard InChI is InChI=1S/C21H24N4O2/c1-14-5-7-18(8-6-14)13-25-17(4)20(16(3)23-25)9-10-21(26)22-12-19-11-15(2)27-24-19/h5-11H,12-13H2,1-4H3,(H,22,26)/b10-9+. The molecule has 1 amide bonds. The summed E-state index contributed by atoms with van der Waals surface area (Å²) in [5.74, 6) is 0.544. The zero-order valence-corrected chi connectivity index (χ0v) is 16.1. The highest BCUT2D eigenvalue weighted by molar-refractivity contribution is 5.91. The molecule has 140 valence electrons. The van der Waals surface area contributed by atoms with Gasteiger partial charge in [0.2, 0.25) is 5.91 Å². The summed E-state index contributed by atoms with van der Waals surface area (Å²) in [6, 6.07) is 10.2. The Morgan fingerprint density at radius 3 is 2.59 bits per heavy atom. The van der Waals surface area contributed by atoms with Crippen LogP contribution in [0.5, 0.6) is 0 Å². The third-order valence-corrected chi connectivity index (χ3v) is 4.41. The van der Waals surface area contributed by atoms with Gasteiger partial charge < -0.3 is 9.84 Å². The molecule has 1 aromatic carbocycles. The summed E-state index contributed by atoms with van der Waals surface area (Å²) in [6.45, 7) is 8.91. The van der Waals surface area contributed by atoms with Gasteiger partial charge in [-0.3, -0.25) is 9.48 Å². The average Bonchev–Trinajstić information content (AvgIpc) is 3.17. The van der Waals surface area contributed by atoms with Gasteiger partial charge in [-0.15, -0.1) is 0 Å². The topological polar surface area (TPSA) is 73.0 Å². The number of rotatable bonds is 6. The summed E-state index contributed by atoms with van der Waals surface area (Å²) >= 11 is 0. The van der Waals surface area contributed by atoms with Gasteiger partial charge in [-0.1, -0.05) is 35.0 Å². The predicted octanol–water partition coefficient (Wildman–Crippen LogP) is 3.48. The average molecular weight is 364 g/mol. The molecule has 0 spiro atoms. The maximum atomic E-state index is 12.1. The van der Waals surface area contributed by atoms with Gasteiger partial charge in [-0.2, -0.15) is 5.10 Å². The zero-order chi connectivity index (χ0) is 19.4. The summed E-state index contributed by atoms with van der Waals surface area (Å²) in [5.41, 5.74) is 6.03. The normalized spacial score (nSPS) is 11.3. The van der Waals surface area contributed by atoms with Crippen molar-refractivity contribution in [2.75, 3.05) is 0 Å². The Kier molecular flexibility index (Phi) is 5.54. The van der Waals surface area contributed by atoms with Crippen molar-refractivity contribution in [3.63, 3.8) is 0 Å². The summed E-state index contributed by atoms with van der Waals surface area (Å²) in [6.07, 6.45) is 3.34. The van der Waals surface area contributed by atoms with E-state index in [1.54, 1.807) is 6.07 Å². The first-order chi connectivity index (χ1) is 12.9. The van der Waals surface area contributed by atoms with E-state index in [-0.39, 0.29) is 5.91 Å². The van der Waals surface area contributed by atoms with Crippen LogP contribution < -0.4 is 5.32 Å². The van der Waals surface area contributed by atoms with Crippen molar-refractivity contribution < 1.29 is 9.32 Å². The first kappa shape index (κ1) is 18.6. The Balaban J connectivity index is 1.65. The summed E-state index contributed by atoms with van der Waals surface area (Å²) in [7, 11) is 0. The number of carbonyl (C=O) groups excluding carboxylic acids is 1. The van der Waals surface area contributed by atoms with Crippen LogP contribution in [0.1, 0.15) is 39.5 Å². The number of hydrogen-bond acceptors (Lipinski definition) is 4. The lowest BCUT2D eigenvalue weighted by Crippen LogP contribution is -2.20. The Labute approximate surface area is 158 Å². The molecule has 0 fully saturated rings. The minimum Gasteiger partial charge on any atom is -0.361 e. The molecule has 0 atom stereocenters. The van der Waals surface area contributed by atoms with Gasteiger partial charge in [0.1, 0.15) is 11.5 Å². The van der Waals surface area contributed by atoms with Gasteiger partial charge in [0.25, 0.3) is 0 Å². The third kappa shape index (κ3) is 4.73. The van der Waals surface area contributed by atoms with Crippen LogP contribution in [0.15, 0.2) is 40.9 Å². The Morgan fingerprint density at radius 2 is 1.93 bits per heavy atom. The van der Waals surface area contributed by atoms with Crippen molar-refractivity contribution in [3.8, 4) is 0 Å². The minimum atomic E-state index is -0.180. The van der Waals surface area contributed by atoms with E-state index >= 15 is 0 Å². The molecule has 0 saturated carbocycles. The largest absolute Gasteiger partial charge is 0.361 e. The smallest absolute Gasteiger partial charge is 0.244 e. The van der Waals surface area contributed by atoms with Gasteiger partial charge >= 0.3 is 0 Å². The van der Waals surface area contributed by atoms with Crippen LogP contribution in [-0.2, 0) is 17.9 Å². The molecule has 2 heterocycles. The van der Waals surface area contributed by atoms with Crippen molar-refractivity contribution in [1.29, 1.82) is 0 Å². The van der Waals surface area contributed by atoms with E-state index in [2.05, 4.69) is 46.8 Å². The lowest BCUT2D eigenvalue weighted by Gasteiger charge is -2.05. The lowest BCUT2D eigenvalue weighted by molar-refractivity contribution is -0.116. The van der Waals surface area contributed by atoms with E-state index in [1.807, 2.05) is 31.5 Å². The summed E-state index contributed by atoms with van der Waals surface area (Å²) in [4.78, 5) is 12.1. The molecule has 6 heteroatoms. The number of carbonyl (C=O) groups is 1. The van der Waals surface area contributed by atoms with Crippen molar-refractivity contribution in [1.82, 2.24) is 20.3 Å². The Hall–Kier alpha value is -3.15. The van der Waals surface area contributed by atoms with Crippen LogP contribution in [0.2, 0.25) is 0 Å². The molecule has 2 aromatic heterocycles. The second kappa shape index (κ2) is 8.03. The lowest BCUT2D eigenvalue weighted by atomic mass is 10.1. The number of amides is 1. The van der Waals surface area contributed by atoms with E-state index < -0.39 is 0 Å². The molecule has 1 N–H and O–H groups in total. The third-order valence-electron chi connectivity index (χ3n) is 4.41. The molecular weight excluding hydrogens is 340 g/mol. The molecular formula is C21H24N4O2. The van der Waals surface area contributed by atoms with E-state index in [0.29, 0.717) is 18.8 Å². The maximum Gasteiger partial charge on any atom is 0.244 e. The highest BCUT2D eigenvalue weighted by atomic mass is 16.5. The summed E-state index contributed by atoms with van der Waals surface area (Å²) < 4.78 is 6.95. The van der Waals surface area contributed by atoms with E-state index in [9.17, 15) is 4.79 Å². The molecule has 6 nitrogen and oxygen atoms in total. The molecule has 0 aliphatic carbocycles. The summed E-state index contributed by atoms with van der Waals surface area (Å²) in [5, 5.41) is 11.3. The molecule has 0 aliphatic rings. The Bertz CT molecular complexity index is 965. The van der Waals surface area contributed by atoms with Crippen LogP contribution in [0, 0.1) is 27.7 Å². The van der Waals surface area contributed by atoms with Gasteiger partial charge in [0.05, 0.1) is 18.8 Å². The van der Waals surface area contributed by atoms with Crippen molar-refractivity contribution in [2.24, 2.45) is 0 Å². The quantitative estimate of drug-likeness (QED) is 0.680. The molecule has 0 unspecified atom stereocenters. The highest BCUT2D eigenvalue weighted by Gasteiger charge is 2.10. The Morgan fingerprint density at radius 1 is 1.19 bits per heavy atom. The molecule has 0 saturated heterocycles. The number of nitrogens with zero attached hydrogens (tertiary/aromatic N) is 3. The zero-order valence-electron chi connectivity index (χ0n) is 16.1. The second-order valence-electron chi connectivity index (χ2n) is 6.71. The first-order valence-electron chi connectivity index (χ1n) is 8.90. The maximum absolute atomic E-state index is 12.1. The van der Waals surface area contributed by atoms with Gasteiger partial charge in [-0.25, -0.2) is 0 Å². The van der Waals surface area contributed by atoms with E-state index in [0.717, 1.165) is 22.7 Å².